The van der Waals surface area contributed by atoms with E-state index in [2.05, 4.69) is 10.6 Å². The number of ether oxygens (including phenoxy) is 1. The van der Waals surface area contributed by atoms with E-state index in [1.807, 2.05) is 0 Å². The molecule has 1 saturated carbocycles. The van der Waals surface area contributed by atoms with Crippen molar-refractivity contribution < 1.29 is 27.8 Å². The van der Waals surface area contributed by atoms with Gasteiger partial charge in [-0.2, -0.15) is 13.2 Å². The highest BCUT2D eigenvalue weighted by atomic mass is 19.4. The smallest absolute Gasteiger partial charge is 0.422 e. The molecule has 1 aliphatic carbocycles. The Morgan fingerprint density at radius 3 is 2.75 bits per heavy atom. The van der Waals surface area contributed by atoms with Crippen LogP contribution in [0, 0.1) is 12.8 Å². The standard InChI is InChI=1S/C16H21F3N2O3/c1-10-12(5-3-7-14(10)24-9-16(17,18)19)21-15(23)20-8-11-4-2-6-13(11)22/h3,5,7,11,13,22H,2,4,6,8-9H2,1H3,(H2,20,21,23)/t11-,13-/m0/s1. The summed E-state index contributed by atoms with van der Waals surface area (Å²) in [4.78, 5) is 11.9. The Bertz CT molecular complexity index is 578. The maximum absolute atomic E-state index is 12.2. The van der Waals surface area contributed by atoms with Crippen LogP contribution in [0.3, 0.4) is 0 Å². The largest absolute Gasteiger partial charge is 0.484 e. The maximum atomic E-state index is 12.2. The summed E-state index contributed by atoms with van der Waals surface area (Å²) < 4.78 is 41.5. The van der Waals surface area contributed by atoms with Crippen molar-refractivity contribution in [1.29, 1.82) is 0 Å². The van der Waals surface area contributed by atoms with Crippen LogP contribution in [0.4, 0.5) is 23.7 Å². The molecule has 0 radical (unpaired) electrons. The number of carbonyl (C=O) groups is 1. The lowest BCUT2D eigenvalue weighted by Crippen LogP contribution is -2.35. The first-order valence-corrected chi connectivity index (χ1v) is 7.78. The molecule has 0 spiro atoms. The molecule has 0 heterocycles. The van der Waals surface area contributed by atoms with Gasteiger partial charge in [0.05, 0.1) is 6.10 Å². The van der Waals surface area contributed by atoms with Crippen molar-refractivity contribution in [2.75, 3.05) is 18.5 Å². The molecular weight excluding hydrogens is 325 g/mol. The number of amides is 2. The zero-order valence-corrected chi connectivity index (χ0v) is 13.3. The second-order valence-electron chi connectivity index (χ2n) is 5.93. The molecule has 0 aromatic heterocycles. The second kappa shape index (κ2) is 7.74. The fourth-order valence-corrected chi connectivity index (χ4v) is 2.71. The van der Waals surface area contributed by atoms with Crippen LogP contribution < -0.4 is 15.4 Å². The number of urea groups is 1. The first-order valence-electron chi connectivity index (χ1n) is 7.78. The minimum Gasteiger partial charge on any atom is -0.484 e. The predicted molar refractivity (Wildman–Crippen MR) is 83.1 cm³/mol. The van der Waals surface area contributed by atoms with Gasteiger partial charge in [-0.05, 0) is 31.9 Å². The van der Waals surface area contributed by atoms with Gasteiger partial charge >= 0.3 is 12.2 Å². The fraction of sp³-hybridized carbons (Fsp3) is 0.562. The predicted octanol–water partition coefficient (Wildman–Crippen LogP) is 3.22. The number of aliphatic hydroxyl groups excluding tert-OH is 1. The highest BCUT2D eigenvalue weighted by Gasteiger charge is 2.29. The Kier molecular flexibility index (Phi) is 5.93. The number of aliphatic hydroxyl groups is 1. The van der Waals surface area contributed by atoms with Gasteiger partial charge in [-0.1, -0.05) is 12.5 Å². The summed E-state index contributed by atoms with van der Waals surface area (Å²) in [6.45, 7) is 0.543. The first-order chi connectivity index (χ1) is 11.3. The number of nitrogens with one attached hydrogen (secondary N) is 2. The van der Waals surface area contributed by atoms with Gasteiger partial charge < -0.3 is 20.5 Å². The number of halogens is 3. The molecule has 24 heavy (non-hydrogen) atoms. The van der Waals surface area contributed by atoms with Gasteiger partial charge in [-0.25, -0.2) is 4.79 Å². The molecule has 8 heteroatoms. The number of benzene rings is 1. The van der Waals surface area contributed by atoms with Crippen LogP contribution in [0.25, 0.3) is 0 Å². The van der Waals surface area contributed by atoms with Crippen LogP contribution in [0.1, 0.15) is 24.8 Å². The van der Waals surface area contributed by atoms with Gasteiger partial charge in [-0.3, -0.25) is 0 Å². The van der Waals surface area contributed by atoms with Crippen LogP contribution in [-0.2, 0) is 0 Å². The van der Waals surface area contributed by atoms with Crippen molar-refractivity contribution in [2.45, 2.75) is 38.5 Å². The number of hydrogen-bond donors (Lipinski definition) is 3. The molecule has 1 aromatic rings. The molecule has 2 rings (SSSR count). The number of hydrogen-bond acceptors (Lipinski definition) is 3. The summed E-state index contributed by atoms with van der Waals surface area (Å²) in [5.41, 5.74) is 0.789. The van der Waals surface area contributed by atoms with Crippen LogP contribution in [-0.4, -0.2) is 36.6 Å². The van der Waals surface area contributed by atoms with E-state index in [4.69, 9.17) is 4.74 Å². The lowest BCUT2D eigenvalue weighted by atomic mass is 10.1. The van der Waals surface area contributed by atoms with E-state index >= 15 is 0 Å². The van der Waals surface area contributed by atoms with E-state index < -0.39 is 24.9 Å². The summed E-state index contributed by atoms with van der Waals surface area (Å²) in [5, 5.41) is 15.0. The molecule has 2 amide bonds. The van der Waals surface area contributed by atoms with Crippen molar-refractivity contribution in [2.24, 2.45) is 5.92 Å². The summed E-state index contributed by atoms with van der Waals surface area (Å²) in [6, 6.07) is 4.04. The average Bonchev–Trinajstić information content (AvgIpc) is 2.90. The zero-order valence-electron chi connectivity index (χ0n) is 13.3. The molecule has 1 aliphatic rings. The average molecular weight is 346 g/mol. The Balaban J connectivity index is 1.90. The normalized spacial score (nSPS) is 20.7. The number of carbonyl (C=O) groups excluding carboxylic acids is 1. The molecule has 0 saturated heterocycles. The monoisotopic (exact) mass is 346 g/mol. The van der Waals surface area contributed by atoms with Crippen LogP contribution in [0.5, 0.6) is 5.75 Å². The highest BCUT2D eigenvalue weighted by Crippen LogP contribution is 2.27. The van der Waals surface area contributed by atoms with Gasteiger partial charge in [-0.15, -0.1) is 0 Å². The van der Waals surface area contributed by atoms with Gasteiger partial charge in [0.1, 0.15) is 5.75 Å². The van der Waals surface area contributed by atoms with Crippen molar-refractivity contribution in [3.05, 3.63) is 23.8 Å². The third-order valence-corrected chi connectivity index (χ3v) is 4.07. The van der Waals surface area contributed by atoms with Crippen molar-refractivity contribution in [3.63, 3.8) is 0 Å². The molecule has 1 fully saturated rings. The second-order valence-corrected chi connectivity index (χ2v) is 5.93. The van der Waals surface area contributed by atoms with Crippen LogP contribution in [0.2, 0.25) is 0 Å². The zero-order chi connectivity index (χ0) is 17.7. The quantitative estimate of drug-likeness (QED) is 0.767. The summed E-state index contributed by atoms with van der Waals surface area (Å²) in [6.07, 6.45) is -2.28. The summed E-state index contributed by atoms with van der Waals surface area (Å²) in [7, 11) is 0. The van der Waals surface area contributed by atoms with Crippen molar-refractivity contribution in [3.8, 4) is 5.75 Å². The molecule has 5 nitrogen and oxygen atoms in total. The molecule has 0 unspecified atom stereocenters. The van der Waals surface area contributed by atoms with Crippen molar-refractivity contribution in [1.82, 2.24) is 5.32 Å². The van der Waals surface area contributed by atoms with Crippen LogP contribution in [0.15, 0.2) is 18.2 Å². The minimum absolute atomic E-state index is 0.0401. The molecule has 2 atom stereocenters. The first kappa shape index (κ1) is 18.4. The van der Waals surface area contributed by atoms with Gasteiger partial charge in [0.15, 0.2) is 6.61 Å². The molecular formula is C16H21F3N2O3. The molecule has 134 valence electrons. The number of alkyl halides is 3. The molecule has 3 N–H and O–H groups in total. The highest BCUT2D eigenvalue weighted by molar-refractivity contribution is 5.90. The van der Waals surface area contributed by atoms with E-state index in [-0.39, 0.29) is 11.7 Å². The summed E-state index contributed by atoms with van der Waals surface area (Å²) >= 11 is 0. The van der Waals surface area contributed by atoms with Gasteiger partial charge in [0.2, 0.25) is 0 Å². The third kappa shape index (κ3) is 5.30. The van der Waals surface area contributed by atoms with E-state index in [1.54, 1.807) is 13.0 Å². The lowest BCUT2D eigenvalue weighted by Gasteiger charge is -2.17. The van der Waals surface area contributed by atoms with E-state index in [0.717, 1.165) is 19.3 Å². The Morgan fingerprint density at radius 1 is 1.38 bits per heavy atom. The third-order valence-electron chi connectivity index (χ3n) is 4.07. The Morgan fingerprint density at radius 2 is 2.12 bits per heavy atom. The summed E-state index contributed by atoms with van der Waals surface area (Å²) in [5.74, 6) is 0.106. The van der Waals surface area contributed by atoms with Crippen LogP contribution >= 0.6 is 0 Å². The number of rotatable bonds is 5. The Hall–Kier alpha value is -1.96. The number of anilines is 1. The Labute approximate surface area is 138 Å². The van der Waals surface area contributed by atoms with E-state index in [9.17, 15) is 23.1 Å². The molecule has 1 aromatic carbocycles. The van der Waals surface area contributed by atoms with Gasteiger partial charge in [0, 0.05) is 23.7 Å². The van der Waals surface area contributed by atoms with Crippen molar-refractivity contribution >= 4 is 11.7 Å². The van der Waals surface area contributed by atoms with E-state index in [0.29, 0.717) is 17.8 Å². The van der Waals surface area contributed by atoms with E-state index in [1.165, 1.54) is 12.1 Å². The SMILES string of the molecule is Cc1c(NC(=O)NC[C@@H]2CCC[C@@H]2O)cccc1OCC(F)(F)F. The molecule has 0 aliphatic heterocycles. The topological polar surface area (TPSA) is 70.6 Å². The minimum atomic E-state index is -4.42. The maximum Gasteiger partial charge on any atom is 0.422 e. The fourth-order valence-electron chi connectivity index (χ4n) is 2.71. The molecule has 0 bridgehead atoms. The van der Waals surface area contributed by atoms with Gasteiger partial charge in [0.25, 0.3) is 0 Å². The lowest BCUT2D eigenvalue weighted by molar-refractivity contribution is -0.153.